The summed E-state index contributed by atoms with van der Waals surface area (Å²) in [7, 11) is 2.20. The van der Waals surface area contributed by atoms with Gasteiger partial charge in [-0.25, -0.2) is 0 Å². The van der Waals surface area contributed by atoms with Gasteiger partial charge in [-0.05, 0) is 45.4 Å². The number of para-hydroxylation sites is 1. The molecule has 1 heterocycles. The Morgan fingerprint density at radius 2 is 2.18 bits per heavy atom. The number of piperidine rings is 1. The molecule has 3 heteroatoms. The summed E-state index contributed by atoms with van der Waals surface area (Å²) in [4.78, 5) is 2.42. The fraction of sp³-hybridized carbons (Fsp3) is 0.571. The quantitative estimate of drug-likeness (QED) is 0.771. The van der Waals surface area contributed by atoms with E-state index in [0.29, 0.717) is 12.1 Å². The summed E-state index contributed by atoms with van der Waals surface area (Å²) >= 11 is 0. The number of likely N-dealkylation sites (tertiary alicyclic amines) is 1. The average molecular weight is 233 g/mol. The van der Waals surface area contributed by atoms with Crippen LogP contribution in [0.3, 0.4) is 0 Å². The van der Waals surface area contributed by atoms with Crippen LogP contribution < -0.4 is 11.1 Å². The highest BCUT2D eigenvalue weighted by molar-refractivity contribution is 5.70. The fourth-order valence-corrected chi connectivity index (χ4v) is 2.51. The van der Waals surface area contributed by atoms with Crippen molar-refractivity contribution in [1.82, 2.24) is 4.90 Å². The van der Waals surface area contributed by atoms with Crippen LogP contribution in [0.5, 0.6) is 0 Å². The molecule has 1 aromatic rings. The molecule has 1 aliphatic rings. The zero-order chi connectivity index (χ0) is 12.4. The predicted octanol–water partition coefficient (Wildman–Crippen LogP) is 2.47. The van der Waals surface area contributed by atoms with Gasteiger partial charge in [0, 0.05) is 18.6 Å². The standard InChI is InChI=1S/C14H23N3/c1-10-5-4-6-13(15)14(10)16-12-7-8-17(3)11(2)9-12/h4-6,11-12,16H,7-9,15H2,1-3H3. The summed E-state index contributed by atoms with van der Waals surface area (Å²) in [5.74, 6) is 0. The Morgan fingerprint density at radius 1 is 1.41 bits per heavy atom. The van der Waals surface area contributed by atoms with E-state index >= 15 is 0 Å². The normalized spacial score (nSPS) is 25.8. The average Bonchev–Trinajstić information content (AvgIpc) is 2.28. The molecule has 0 amide bonds. The van der Waals surface area contributed by atoms with Crippen molar-refractivity contribution >= 4 is 11.4 Å². The van der Waals surface area contributed by atoms with E-state index in [1.807, 2.05) is 12.1 Å². The summed E-state index contributed by atoms with van der Waals surface area (Å²) in [5, 5.41) is 3.62. The lowest BCUT2D eigenvalue weighted by Crippen LogP contribution is -2.42. The van der Waals surface area contributed by atoms with Crippen molar-refractivity contribution in [1.29, 1.82) is 0 Å². The largest absolute Gasteiger partial charge is 0.397 e. The maximum Gasteiger partial charge on any atom is 0.0605 e. The van der Waals surface area contributed by atoms with Crippen LogP contribution in [-0.2, 0) is 0 Å². The van der Waals surface area contributed by atoms with Crippen LogP contribution in [0.1, 0.15) is 25.3 Å². The molecule has 3 N–H and O–H groups in total. The first-order valence-electron chi connectivity index (χ1n) is 6.40. The number of aryl methyl sites for hydroxylation is 1. The molecule has 2 rings (SSSR count). The third kappa shape index (κ3) is 2.72. The molecule has 94 valence electrons. The molecule has 17 heavy (non-hydrogen) atoms. The van der Waals surface area contributed by atoms with Crippen molar-refractivity contribution in [3.05, 3.63) is 23.8 Å². The third-order valence-electron chi connectivity index (χ3n) is 3.86. The highest BCUT2D eigenvalue weighted by Gasteiger charge is 2.23. The summed E-state index contributed by atoms with van der Waals surface area (Å²) in [5.41, 5.74) is 9.24. The third-order valence-corrected chi connectivity index (χ3v) is 3.86. The number of anilines is 2. The lowest BCUT2D eigenvalue weighted by molar-refractivity contribution is 0.190. The highest BCUT2D eigenvalue weighted by Crippen LogP contribution is 2.26. The Kier molecular flexibility index (Phi) is 3.57. The van der Waals surface area contributed by atoms with Crippen LogP contribution >= 0.6 is 0 Å². The molecule has 1 aliphatic heterocycles. The first kappa shape index (κ1) is 12.2. The van der Waals surface area contributed by atoms with Gasteiger partial charge in [0.25, 0.3) is 0 Å². The molecule has 0 bridgehead atoms. The minimum Gasteiger partial charge on any atom is -0.397 e. The first-order valence-corrected chi connectivity index (χ1v) is 6.40. The van der Waals surface area contributed by atoms with Gasteiger partial charge in [0.15, 0.2) is 0 Å². The molecular formula is C14H23N3. The van der Waals surface area contributed by atoms with Crippen molar-refractivity contribution in [3.63, 3.8) is 0 Å². The lowest BCUT2D eigenvalue weighted by atomic mass is 9.98. The Labute approximate surface area is 104 Å². The van der Waals surface area contributed by atoms with Gasteiger partial charge in [-0.1, -0.05) is 12.1 Å². The van der Waals surface area contributed by atoms with Gasteiger partial charge in [-0.3, -0.25) is 0 Å². The summed E-state index contributed by atoms with van der Waals surface area (Å²) in [6.45, 7) is 5.55. The smallest absolute Gasteiger partial charge is 0.0605 e. The molecule has 1 fully saturated rings. The summed E-state index contributed by atoms with van der Waals surface area (Å²) in [6.07, 6.45) is 2.37. The monoisotopic (exact) mass is 233 g/mol. The van der Waals surface area contributed by atoms with Gasteiger partial charge in [0.05, 0.1) is 11.4 Å². The maximum atomic E-state index is 6.03. The van der Waals surface area contributed by atoms with E-state index in [1.165, 1.54) is 18.4 Å². The van der Waals surface area contributed by atoms with Crippen molar-refractivity contribution in [2.24, 2.45) is 0 Å². The Hall–Kier alpha value is -1.22. The number of benzene rings is 1. The molecule has 2 unspecified atom stereocenters. The molecule has 0 aliphatic carbocycles. The van der Waals surface area contributed by atoms with Gasteiger partial charge in [0.2, 0.25) is 0 Å². The number of hydrogen-bond donors (Lipinski definition) is 2. The van der Waals surface area contributed by atoms with E-state index in [4.69, 9.17) is 5.73 Å². The Morgan fingerprint density at radius 3 is 2.82 bits per heavy atom. The van der Waals surface area contributed by atoms with Crippen LogP contribution in [0.2, 0.25) is 0 Å². The minimum atomic E-state index is 0.546. The maximum absolute atomic E-state index is 6.03. The highest BCUT2D eigenvalue weighted by atomic mass is 15.1. The summed E-state index contributed by atoms with van der Waals surface area (Å²) in [6, 6.07) is 7.27. The van der Waals surface area contributed by atoms with Crippen LogP contribution in [-0.4, -0.2) is 30.6 Å². The topological polar surface area (TPSA) is 41.3 Å². The molecule has 3 nitrogen and oxygen atoms in total. The van der Waals surface area contributed by atoms with E-state index in [2.05, 4.69) is 37.2 Å². The minimum absolute atomic E-state index is 0.546. The van der Waals surface area contributed by atoms with Crippen LogP contribution in [0.4, 0.5) is 11.4 Å². The zero-order valence-electron chi connectivity index (χ0n) is 11.0. The number of hydrogen-bond acceptors (Lipinski definition) is 3. The van der Waals surface area contributed by atoms with E-state index in [9.17, 15) is 0 Å². The zero-order valence-corrected chi connectivity index (χ0v) is 11.0. The van der Waals surface area contributed by atoms with E-state index in [0.717, 1.165) is 17.9 Å². The second-order valence-corrected chi connectivity index (χ2v) is 5.23. The fourth-order valence-electron chi connectivity index (χ4n) is 2.51. The van der Waals surface area contributed by atoms with Gasteiger partial charge in [-0.15, -0.1) is 0 Å². The van der Waals surface area contributed by atoms with Crippen LogP contribution in [0, 0.1) is 6.92 Å². The summed E-state index contributed by atoms with van der Waals surface area (Å²) < 4.78 is 0. The van der Waals surface area contributed by atoms with Gasteiger partial charge >= 0.3 is 0 Å². The Balaban J connectivity index is 2.06. The van der Waals surface area contributed by atoms with Crippen LogP contribution in [0.15, 0.2) is 18.2 Å². The number of nitrogens with one attached hydrogen (secondary N) is 1. The van der Waals surface area contributed by atoms with Crippen molar-refractivity contribution in [3.8, 4) is 0 Å². The Bertz CT molecular complexity index is 369. The predicted molar refractivity (Wildman–Crippen MR) is 74.3 cm³/mol. The molecule has 2 atom stereocenters. The molecule has 0 spiro atoms. The number of nitrogens with zero attached hydrogens (tertiary/aromatic N) is 1. The van der Waals surface area contributed by atoms with Crippen molar-refractivity contribution in [2.45, 2.75) is 38.8 Å². The van der Waals surface area contributed by atoms with E-state index < -0.39 is 0 Å². The van der Waals surface area contributed by atoms with Crippen LogP contribution in [0.25, 0.3) is 0 Å². The lowest BCUT2D eigenvalue weighted by Gasteiger charge is -2.36. The second kappa shape index (κ2) is 4.96. The number of nitrogens with two attached hydrogens (primary N) is 1. The molecule has 1 aromatic carbocycles. The van der Waals surface area contributed by atoms with Gasteiger partial charge in [0.1, 0.15) is 0 Å². The molecule has 0 saturated carbocycles. The van der Waals surface area contributed by atoms with Crippen molar-refractivity contribution in [2.75, 3.05) is 24.6 Å². The second-order valence-electron chi connectivity index (χ2n) is 5.23. The molecule has 0 radical (unpaired) electrons. The van der Waals surface area contributed by atoms with Gasteiger partial charge < -0.3 is 16.0 Å². The number of rotatable bonds is 2. The number of nitrogen functional groups attached to an aromatic ring is 1. The van der Waals surface area contributed by atoms with Crippen molar-refractivity contribution < 1.29 is 0 Å². The SMILES string of the molecule is Cc1cccc(N)c1NC1CCN(C)C(C)C1. The van der Waals surface area contributed by atoms with E-state index in [-0.39, 0.29) is 0 Å². The molecule has 1 saturated heterocycles. The molecule has 0 aromatic heterocycles. The van der Waals surface area contributed by atoms with Gasteiger partial charge in [-0.2, -0.15) is 0 Å². The molecular weight excluding hydrogens is 210 g/mol. The van der Waals surface area contributed by atoms with E-state index in [1.54, 1.807) is 0 Å². The first-order chi connectivity index (χ1) is 8.08.